The summed E-state index contributed by atoms with van der Waals surface area (Å²) in [5, 5.41) is 0. The molecule has 5 rings (SSSR count). The third-order valence-electron chi connectivity index (χ3n) is 5.08. The predicted molar refractivity (Wildman–Crippen MR) is 122 cm³/mol. The zero-order chi connectivity index (χ0) is 21.3. The first kappa shape index (κ1) is 18.9. The van der Waals surface area contributed by atoms with E-state index in [2.05, 4.69) is 23.7 Å². The van der Waals surface area contributed by atoms with Crippen LogP contribution in [0.25, 0.3) is 11.1 Å². The van der Waals surface area contributed by atoms with Crippen LogP contribution in [0.3, 0.4) is 0 Å². The topological polar surface area (TPSA) is 34.1 Å². The average molecular weight is 417 g/mol. The van der Waals surface area contributed by atoms with Gasteiger partial charge in [-0.15, -0.1) is 0 Å². The second-order valence-electron chi connectivity index (χ2n) is 7.16. The van der Waals surface area contributed by atoms with E-state index in [9.17, 15) is 8.42 Å². The van der Waals surface area contributed by atoms with Gasteiger partial charge in [0.05, 0.1) is 9.79 Å². The third-order valence-corrected chi connectivity index (χ3v) is 6.95. The maximum atomic E-state index is 13.0. The Balaban J connectivity index is 1.57. The normalized spacial score (nSPS) is 12.5. The summed E-state index contributed by atoms with van der Waals surface area (Å²) in [6.45, 7) is 0. The predicted octanol–water partition coefficient (Wildman–Crippen LogP) is 5.30. The lowest BCUT2D eigenvalue weighted by molar-refractivity contribution is 0.598. The Hall–Kier alpha value is -4.05. The lowest BCUT2D eigenvalue weighted by atomic mass is 10.0. The number of hydrogen-bond donors (Lipinski definition) is 0. The van der Waals surface area contributed by atoms with Crippen molar-refractivity contribution in [1.29, 1.82) is 0 Å². The summed E-state index contributed by atoms with van der Waals surface area (Å²) >= 11 is 0. The zero-order valence-corrected chi connectivity index (χ0v) is 17.3. The molecule has 1 heterocycles. The molecule has 3 heteroatoms. The molecule has 31 heavy (non-hydrogen) atoms. The molecule has 0 spiro atoms. The lowest BCUT2D eigenvalue weighted by Crippen LogP contribution is -1.96. The van der Waals surface area contributed by atoms with Gasteiger partial charge in [-0.3, -0.25) is 0 Å². The first-order valence-corrected chi connectivity index (χ1v) is 11.3. The molecule has 4 aromatic rings. The van der Waals surface area contributed by atoms with E-state index in [1.165, 1.54) is 0 Å². The third kappa shape index (κ3) is 3.64. The molecule has 1 aliphatic rings. The molecule has 0 radical (unpaired) electrons. The molecule has 0 saturated heterocycles. The van der Waals surface area contributed by atoms with Crippen LogP contribution in [0.1, 0.15) is 22.3 Å². The van der Waals surface area contributed by atoms with Crippen LogP contribution < -0.4 is 0 Å². The maximum Gasteiger partial charge on any atom is 0.207 e. The smallest absolute Gasteiger partial charge is 0.207 e. The van der Waals surface area contributed by atoms with E-state index in [0.717, 1.165) is 22.3 Å². The van der Waals surface area contributed by atoms with E-state index in [4.69, 9.17) is 0 Å². The molecule has 0 bridgehead atoms. The van der Waals surface area contributed by atoms with Gasteiger partial charge in [-0.2, -0.15) is 0 Å². The number of benzene rings is 4. The Morgan fingerprint density at radius 3 is 1.26 bits per heavy atom. The molecule has 0 aromatic heterocycles. The van der Waals surface area contributed by atoms with Crippen molar-refractivity contribution >= 4 is 9.84 Å². The first-order chi connectivity index (χ1) is 15.1. The van der Waals surface area contributed by atoms with E-state index in [1.807, 2.05) is 72.8 Å². The van der Waals surface area contributed by atoms with Crippen LogP contribution in [-0.2, 0) is 9.84 Å². The summed E-state index contributed by atoms with van der Waals surface area (Å²) in [5.41, 5.74) is 4.72. The Labute approximate surface area is 182 Å². The molecule has 0 atom stereocenters. The first-order valence-electron chi connectivity index (χ1n) is 9.79. The molecule has 4 aromatic carbocycles. The zero-order valence-electron chi connectivity index (χ0n) is 16.5. The molecule has 0 aliphatic carbocycles. The summed E-state index contributed by atoms with van der Waals surface area (Å²) in [4.78, 5) is 0.641. The highest BCUT2D eigenvalue weighted by atomic mass is 32.2. The Kier molecular flexibility index (Phi) is 4.68. The van der Waals surface area contributed by atoms with Gasteiger partial charge in [0.2, 0.25) is 9.84 Å². The standard InChI is InChI=1S/C28H16O2S/c29-31(30)27-17-15-23(13-11-21-7-3-1-4-8-21)19-25(27)26-20-24(16-18-28(26)31)14-12-22-9-5-2-6-10-22/h1-10,15-20H. The van der Waals surface area contributed by atoms with Gasteiger partial charge in [-0.1, -0.05) is 60.1 Å². The van der Waals surface area contributed by atoms with E-state index >= 15 is 0 Å². The van der Waals surface area contributed by atoms with Crippen molar-refractivity contribution < 1.29 is 8.42 Å². The number of sulfone groups is 1. The van der Waals surface area contributed by atoms with Crippen molar-refractivity contribution in [3.05, 3.63) is 119 Å². The van der Waals surface area contributed by atoms with Crippen molar-refractivity contribution in [2.45, 2.75) is 9.79 Å². The summed E-state index contributed by atoms with van der Waals surface area (Å²) in [5.74, 6) is 12.5. The summed E-state index contributed by atoms with van der Waals surface area (Å²) < 4.78 is 26.0. The second-order valence-corrected chi connectivity index (χ2v) is 9.04. The summed E-state index contributed by atoms with van der Waals surface area (Å²) in [7, 11) is -3.53. The molecular weight excluding hydrogens is 400 g/mol. The number of fused-ring (bicyclic) bond motifs is 3. The van der Waals surface area contributed by atoms with E-state index < -0.39 is 9.84 Å². The van der Waals surface area contributed by atoms with Gasteiger partial charge in [-0.25, -0.2) is 8.42 Å². The molecule has 0 fully saturated rings. The quantitative estimate of drug-likeness (QED) is 0.321. The fourth-order valence-corrected chi connectivity index (χ4v) is 5.20. The molecule has 1 aliphatic heterocycles. The Morgan fingerprint density at radius 1 is 0.452 bits per heavy atom. The molecule has 0 saturated carbocycles. The maximum absolute atomic E-state index is 13.0. The minimum atomic E-state index is -3.53. The van der Waals surface area contributed by atoms with Gasteiger partial charge in [0.1, 0.15) is 0 Å². The van der Waals surface area contributed by atoms with E-state index in [-0.39, 0.29) is 0 Å². The van der Waals surface area contributed by atoms with Gasteiger partial charge in [0.15, 0.2) is 0 Å². The Bertz CT molecular complexity index is 1410. The van der Waals surface area contributed by atoms with E-state index in [1.54, 1.807) is 24.3 Å². The van der Waals surface area contributed by atoms with Gasteiger partial charge in [0, 0.05) is 33.4 Å². The van der Waals surface area contributed by atoms with Crippen LogP contribution in [0.15, 0.2) is 107 Å². The van der Waals surface area contributed by atoms with Gasteiger partial charge in [0.25, 0.3) is 0 Å². The highest BCUT2D eigenvalue weighted by Gasteiger charge is 2.32. The number of rotatable bonds is 0. The largest absolute Gasteiger partial charge is 0.218 e. The highest BCUT2D eigenvalue weighted by molar-refractivity contribution is 7.92. The van der Waals surface area contributed by atoms with Gasteiger partial charge in [-0.05, 0) is 60.7 Å². The molecule has 0 N–H and O–H groups in total. The fourth-order valence-electron chi connectivity index (χ4n) is 3.56. The van der Waals surface area contributed by atoms with Crippen molar-refractivity contribution in [3.63, 3.8) is 0 Å². The minimum Gasteiger partial charge on any atom is -0.218 e. The Morgan fingerprint density at radius 2 is 0.839 bits per heavy atom. The van der Waals surface area contributed by atoms with Crippen LogP contribution in [0.5, 0.6) is 0 Å². The van der Waals surface area contributed by atoms with Crippen LogP contribution in [-0.4, -0.2) is 8.42 Å². The lowest BCUT2D eigenvalue weighted by Gasteiger charge is -2.01. The van der Waals surface area contributed by atoms with E-state index in [0.29, 0.717) is 20.9 Å². The molecule has 146 valence electrons. The molecular formula is C28H16O2S. The SMILES string of the molecule is O=S1(=O)c2ccc(C#Cc3ccccc3)cc2-c2cc(C#Cc3ccccc3)ccc21. The molecule has 0 unspecified atom stereocenters. The van der Waals surface area contributed by atoms with Crippen molar-refractivity contribution in [3.8, 4) is 34.8 Å². The summed E-state index contributed by atoms with van der Waals surface area (Å²) in [6, 6.07) is 29.9. The second kappa shape index (κ2) is 7.65. The van der Waals surface area contributed by atoms with Crippen molar-refractivity contribution in [2.75, 3.05) is 0 Å². The highest BCUT2D eigenvalue weighted by Crippen LogP contribution is 2.43. The van der Waals surface area contributed by atoms with Gasteiger partial charge >= 0.3 is 0 Å². The monoisotopic (exact) mass is 416 g/mol. The summed E-state index contributed by atoms with van der Waals surface area (Å²) in [6.07, 6.45) is 0. The van der Waals surface area contributed by atoms with Gasteiger partial charge < -0.3 is 0 Å². The van der Waals surface area contributed by atoms with Crippen molar-refractivity contribution in [1.82, 2.24) is 0 Å². The minimum absolute atomic E-state index is 0.320. The molecule has 2 nitrogen and oxygen atoms in total. The molecule has 0 amide bonds. The number of hydrogen-bond acceptors (Lipinski definition) is 2. The van der Waals surface area contributed by atoms with Crippen LogP contribution in [0, 0.1) is 23.7 Å². The van der Waals surface area contributed by atoms with Crippen molar-refractivity contribution in [2.24, 2.45) is 0 Å². The average Bonchev–Trinajstić information content (AvgIpc) is 3.04. The van der Waals surface area contributed by atoms with Crippen LogP contribution in [0.4, 0.5) is 0 Å². The van der Waals surface area contributed by atoms with Crippen LogP contribution in [0.2, 0.25) is 0 Å². The van der Waals surface area contributed by atoms with Crippen LogP contribution >= 0.6 is 0 Å². The fraction of sp³-hybridized carbons (Fsp3) is 0.